The first-order valence-corrected chi connectivity index (χ1v) is 16.3. The van der Waals surface area contributed by atoms with Crippen LogP contribution < -0.4 is 5.19 Å². The molecule has 0 saturated heterocycles. The first-order valence-electron chi connectivity index (χ1n) is 12.8. The van der Waals surface area contributed by atoms with Crippen LogP contribution in [0.2, 0.25) is 19.6 Å². The molecule has 0 N–H and O–H groups in total. The molecule has 0 atom stereocenters. The molecule has 0 spiro atoms. The summed E-state index contributed by atoms with van der Waals surface area (Å²) in [6.45, 7) is 13.3. The Morgan fingerprint density at radius 3 is 2.33 bits per heavy atom. The summed E-state index contributed by atoms with van der Waals surface area (Å²) in [7, 11) is -1.55. The third-order valence-electron chi connectivity index (χ3n) is 6.69. The SMILES string of the molecule is Cc1ccnc(-c2[c-]cc([Si](C)(C)C)c3c2oc2cnccc23)c1.Cc1cnc(-c2[c-]cccc2)cc1C.[Ir]. The summed E-state index contributed by atoms with van der Waals surface area (Å²) in [6, 6.07) is 24.9. The predicted molar refractivity (Wildman–Crippen MR) is 159 cm³/mol. The summed E-state index contributed by atoms with van der Waals surface area (Å²) < 4.78 is 6.20. The van der Waals surface area contributed by atoms with Gasteiger partial charge in [-0.15, -0.1) is 53.2 Å². The molecule has 0 fully saturated rings. The zero-order valence-electron chi connectivity index (χ0n) is 23.1. The van der Waals surface area contributed by atoms with Gasteiger partial charge < -0.3 is 14.4 Å². The molecule has 0 amide bonds. The van der Waals surface area contributed by atoms with Gasteiger partial charge in [0.1, 0.15) is 5.58 Å². The van der Waals surface area contributed by atoms with Crippen LogP contribution in [-0.4, -0.2) is 23.0 Å². The van der Waals surface area contributed by atoms with Gasteiger partial charge in [-0.1, -0.05) is 53.9 Å². The monoisotopic (exact) mass is 706 g/mol. The summed E-state index contributed by atoms with van der Waals surface area (Å²) in [4.78, 5) is 13.1. The number of hydrogen-bond acceptors (Lipinski definition) is 4. The van der Waals surface area contributed by atoms with E-state index in [4.69, 9.17) is 4.42 Å². The second kappa shape index (κ2) is 11.7. The Labute approximate surface area is 244 Å². The van der Waals surface area contributed by atoms with E-state index in [9.17, 15) is 0 Å². The number of pyridine rings is 3. The summed E-state index contributed by atoms with van der Waals surface area (Å²) in [5, 5.41) is 3.68. The number of benzene rings is 2. The second-order valence-corrected chi connectivity index (χ2v) is 15.7. The minimum Gasteiger partial charge on any atom is -0.499 e. The Morgan fingerprint density at radius 1 is 0.821 bits per heavy atom. The average Bonchev–Trinajstić information content (AvgIpc) is 3.30. The third-order valence-corrected chi connectivity index (χ3v) is 8.70. The number of aromatic nitrogens is 3. The van der Waals surface area contributed by atoms with E-state index in [2.05, 4.69) is 85.7 Å². The number of fused-ring (bicyclic) bond motifs is 3. The van der Waals surface area contributed by atoms with E-state index in [-0.39, 0.29) is 20.1 Å². The molecule has 2 aromatic carbocycles. The molecule has 0 bridgehead atoms. The first kappa shape index (κ1) is 28.6. The minimum absolute atomic E-state index is 0. The van der Waals surface area contributed by atoms with Gasteiger partial charge in [-0.2, -0.15) is 0 Å². The molecule has 0 aliphatic rings. The number of hydrogen-bond donors (Lipinski definition) is 0. The molecule has 4 aromatic heterocycles. The largest absolute Gasteiger partial charge is 0.499 e. The normalized spacial score (nSPS) is 11.1. The first-order chi connectivity index (χ1) is 18.2. The fourth-order valence-corrected chi connectivity index (χ4v) is 5.96. The molecule has 0 aliphatic heterocycles. The Hall–Kier alpha value is -3.44. The molecule has 39 heavy (non-hydrogen) atoms. The fraction of sp³-hybridized carbons (Fsp3) is 0.182. The number of rotatable bonds is 3. The molecule has 6 aromatic rings. The van der Waals surface area contributed by atoms with E-state index in [0.717, 1.165) is 39.1 Å². The summed E-state index contributed by atoms with van der Waals surface area (Å²) in [5.41, 5.74) is 9.23. The van der Waals surface area contributed by atoms with Gasteiger partial charge in [0.15, 0.2) is 0 Å². The van der Waals surface area contributed by atoms with Gasteiger partial charge >= 0.3 is 0 Å². The van der Waals surface area contributed by atoms with Crippen molar-refractivity contribution in [2.75, 3.05) is 0 Å². The maximum absolute atomic E-state index is 6.20. The maximum Gasteiger partial charge on any atom is 0.139 e. The minimum atomic E-state index is -1.55. The molecular formula is C33H31IrN3OSi-2. The maximum atomic E-state index is 6.20. The van der Waals surface area contributed by atoms with Crippen molar-refractivity contribution < 1.29 is 24.5 Å². The number of furan rings is 1. The molecule has 4 heterocycles. The van der Waals surface area contributed by atoms with Crippen molar-refractivity contribution in [3.63, 3.8) is 0 Å². The van der Waals surface area contributed by atoms with Crippen molar-refractivity contribution in [1.82, 2.24) is 15.0 Å². The van der Waals surface area contributed by atoms with Gasteiger partial charge in [0.25, 0.3) is 0 Å². The Morgan fingerprint density at radius 2 is 1.64 bits per heavy atom. The van der Waals surface area contributed by atoms with Crippen LogP contribution in [0.25, 0.3) is 44.5 Å². The van der Waals surface area contributed by atoms with Crippen molar-refractivity contribution in [2.24, 2.45) is 0 Å². The predicted octanol–water partition coefficient (Wildman–Crippen LogP) is 7.86. The molecule has 6 rings (SSSR count). The fourth-order valence-electron chi connectivity index (χ4n) is 4.46. The van der Waals surface area contributed by atoms with Crippen molar-refractivity contribution in [1.29, 1.82) is 0 Å². The van der Waals surface area contributed by atoms with E-state index in [1.807, 2.05) is 55.0 Å². The van der Waals surface area contributed by atoms with E-state index in [1.54, 1.807) is 6.20 Å². The van der Waals surface area contributed by atoms with Crippen molar-refractivity contribution >= 4 is 35.2 Å². The zero-order valence-corrected chi connectivity index (χ0v) is 26.5. The van der Waals surface area contributed by atoms with E-state index < -0.39 is 8.07 Å². The van der Waals surface area contributed by atoms with Gasteiger partial charge in [0, 0.05) is 52.2 Å². The van der Waals surface area contributed by atoms with Gasteiger partial charge in [-0.25, -0.2) is 0 Å². The van der Waals surface area contributed by atoms with Gasteiger partial charge in [0.2, 0.25) is 0 Å². The molecule has 0 aliphatic carbocycles. The molecule has 4 nitrogen and oxygen atoms in total. The van der Waals surface area contributed by atoms with Crippen molar-refractivity contribution in [2.45, 2.75) is 40.4 Å². The molecule has 199 valence electrons. The van der Waals surface area contributed by atoms with Crippen molar-refractivity contribution in [3.05, 3.63) is 108 Å². The molecular weight excluding hydrogens is 675 g/mol. The number of nitrogens with zero attached hydrogens (tertiary/aromatic N) is 3. The van der Waals surface area contributed by atoms with Crippen LogP contribution in [0.5, 0.6) is 0 Å². The zero-order chi connectivity index (χ0) is 26.9. The van der Waals surface area contributed by atoms with E-state index in [0.29, 0.717) is 0 Å². The third kappa shape index (κ3) is 6.09. The van der Waals surface area contributed by atoms with Crippen LogP contribution in [0.1, 0.15) is 16.7 Å². The quantitative estimate of drug-likeness (QED) is 0.139. The van der Waals surface area contributed by atoms with Crippen molar-refractivity contribution in [3.8, 4) is 22.5 Å². The van der Waals surface area contributed by atoms with Crippen LogP contribution in [0, 0.1) is 32.9 Å². The van der Waals surface area contributed by atoms with Crippen LogP contribution in [0.15, 0.2) is 83.8 Å². The van der Waals surface area contributed by atoms with Crippen LogP contribution >= 0.6 is 0 Å². The molecule has 0 unspecified atom stereocenters. The van der Waals surface area contributed by atoms with Gasteiger partial charge in [-0.3, -0.25) is 4.98 Å². The molecule has 0 saturated carbocycles. The second-order valence-electron chi connectivity index (χ2n) is 10.7. The standard InChI is InChI=1S/C20H19N2OSi.C13H12N.Ir/c1-13-7-10-22-16(11-13)14-5-6-18(24(2,3)4)19-15-8-9-21-12-17(15)23-20(14)19;1-10-8-13(14-9-11(10)2)12-6-4-3-5-7-12;/h6-12H,1-4H3;3-6,8-9H,1-2H3;/q2*-1;. The van der Waals surface area contributed by atoms with Gasteiger partial charge in [0.05, 0.1) is 11.8 Å². The summed E-state index contributed by atoms with van der Waals surface area (Å²) in [6.07, 6.45) is 7.36. The van der Waals surface area contributed by atoms with E-state index in [1.165, 1.54) is 27.3 Å². The van der Waals surface area contributed by atoms with Crippen LogP contribution in [-0.2, 0) is 20.1 Å². The van der Waals surface area contributed by atoms with Gasteiger partial charge in [-0.05, 0) is 49.9 Å². The Balaban J connectivity index is 0.000000202. The smallest absolute Gasteiger partial charge is 0.139 e. The number of aryl methyl sites for hydroxylation is 3. The van der Waals surface area contributed by atoms with E-state index >= 15 is 0 Å². The summed E-state index contributed by atoms with van der Waals surface area (Å²) in [5.74, 6) is 0. The average molecular weight is 706 g/mol. The summed E-state index contributed by atoms with van der Waals surface area (Å²) >= 11 is 0. The Kier molecular flexibility index (Phi) is 8.60. The van der Waals surface area contributed by atoms with Crippen LogP contribution in [0.4, 0.5) is 0 Å². The van der Waals surface area contributed by atoms with Crippen LogP contribution in [0.3, 0.4) is 0 Å². The topological polar surface area (TPSA) is 51.8 Å². The molecule has 6 heteroatoms. The Bertz CT molecular complexity index is 1740. The molecule has 1 radical (unpaired) electrons.